The van der Waals surface area contributed by atoms with Gasteiger partial charge in [0.2, 0.25) is 0 Å². The fourth-order valence-electron chi connectivity index (χ4n) is 3.37. The molecule has 3 N–H and O–H groups in total. The largest absolute Gasteiger partial charge is 0.432 e. The molecule has 9 heteroatoms. The van der Waals surface area contributed by atoms with Gasteiger partial charge in [-0.05, 0) is 67.6 Å². The number of halogens is 5. The van der Waals surface area contributed by atoms with E-state index in [1.54, 1.807) is 12.1 Å². The number of hydrogen-bond donors (Lipinski definition) is 3. The van der Waals surface area contributed by atoms with E-state index < -0.39 is 35.5 Å². The Kier molecular flexibility index (Phi) is 7.63. The molecule has 0 saturated heterocycles. The van der Waals surface area contributed by atoms with Crippen molar-refractivity contribution in [2.24, 2.45) is 5.92 Å². The van der Waals surface area contributed by atoms with Crippen molar-refractivity contribution in [2.75, 3.05) is 11.9 Å². The predicted octanol–water partition coefficient (Wildman–Crippen LogP) is 5.91. The van der Waals surface area contributed by atoms with Crippen LogP contribution in [0, 0.1) is 23.0 Å². The molecule has 0 bridgehead atoms. The molecule has 1 fully saturated rings. The molecule has 4 nitrogen and oxygen atoms in total. The molecule has 0 spiro atoms. The Morgan fingerprint density at radius 3 is 2.36 bits per heavy atom. The molecule has 0 heterocycles. The zero-order valence-corrected chi connectivity index (χ0v) is 17.9. The summed E-state index contributed by atoms with van der Waals surface area (Å²) in [6.45, 7) is 2.07. The third kappa shape index (κ3) is 6.47. The molecule has 1 saturated carbocycles. The van der Waals surface area contributed by atoms with Crippen molar-refractivity contribution in [1.29, 1.82) is 5.41 Å². The second-order valence-electron chi connectivity index (χ2n) is 7.93. The summed E-state index contributed by atoms with van der Waals surface area (Å²) in [6, 6.07) is 9.09. The van der Waals surface area contributed by atoms with Crippen molar-refractivity contribution in [2.45, 2.75) is 38.4 Å². The molecule has 0 aromatic heterocycles. The van der Waals surface area contributed by atoms with Crippen LogP contribution in [0.3, 0.4) is 0 Å². The van der Waals surface area contributed by atoms with E-state index in [9.17, 15) is 26.7 Å². The number of allylic oxidation sites excluding steroid dienone is 1. The standard InChI is InChI=1S/C24H24F5N3O/c1-2-15(12-20(30)24(27,28)29)23(33)32-17-6-3-5-16(11-17)22(31-13-14-9-10-14)21-18(25)7-4-8-19(21)26/h3-8,11-12,14,22,30-31H,2,9-10,13H2,1H3,(H,32,33). The van der Waals surface area contributed by atoms with Crippen molar-refractivity contribution >= 4 is 17.3 Å². The third-order valence-electron chi connectivity index (χ3n) is 5.37. The van der Waals surface area contributed by atoms with E-state index in [1.807, 2.05) is 0 Å². The van der Waals surface area contributed by atoms with Crippen molar-refractivity contribution in [3.8, 4) is 0 Å². The van der Waals surface area contributed by atoms with Gasteiger partial charge in [0.15, 0.2) is 0 Å². The van der Waals surface area contributed by atoms with Gasteiger partial charge in [0.1, 0.15) is 17.3 Å². The van der Waals surface area contributed by atoms with Crippen LogP contribution < -0.4 is 10.6 Å². The number of carbonyl (C=O) groups is 1. The number of benzene rings is 2. The van der Waals surface area contributed by atoms with Crippen LogP contribution in [0.25, 0.3) is 0 Å². The van der Waals surface area contributed by atoms with Gasteiger partial charge in [-0.15, -0.1) is 0 Å². The summed E-state index contributed by atoms with van der Waals surface area (Å²) >= 11 is 0. The van der Waals surface area contributed by atoms with Crippen LogP contribution in [-0.2, 0) is 4.79 Å². The lowest BCUT2D eigenvalue weighted by molar-refractivity contribution is -0.112. The molecule has 1 amide bonds. The van der Waals surface area contributed by atoms with E-state index >= 15 is 0 Å². The summed E-state index contributed by atoms with van der Waals surface area (Å²) < 4.78 is 67.1. The maximum absolute atomic E-state index is 14.5. The number of hydrogen-bond acceptors (Lipinski definition) is 3. The van der Waals surface area contributed by atoms with Gasteiger partial charge >= 0.3 is 6.18 Å². The molecule has 1 aliphatic rings. The number of anilines is 1. The quantitative estimate of drug-likeness (QED) is 0.245. The highest BCUT2D eigenvalue weighted by Gasteiger charge is 2.33. The zero-order chi connectivity index (χ0) is 24.2. The van der Waals surface area contributed by atoms with Crippen molar-refractivity contribution < 1.29 is 26.7 Å². The number of carbonyl (C=O) groups excluding carboxylic acids is 1. The highest BCUT2D eigenvalue weighted by molar-refractivity contribution is 6.09. The molecular weight excluding hydrogens is 441 g/mol. The van der Waals surface area contributed by atoms with Gasteiger partial charge < -0.3 is 10.6 Å². The SMILES string of the molecule is CCC(=CC(=N)C(F)(F)F)C(=O)Nc1cccc(C(NCC2CC2)c2c(F)cccc2F)c1. The molecule has 0 radical (unpaired) electrons. The number of amides is 1. The van der Waals surface area contributed by atoms with Gasteiger partial charge in [-0.25, -0.2) is 8.78 Å². The predicted molar refractivity (Wildman–Crippen MR) is 116 cm³/mol. The van der Waals surface area contributed by atoms with Crippen LogP contribution >= 0.6 is 0 Å². The van der Waals surface area contributed by atoms with Crippen LogP contribution in [0.5, 0.6) is 0 Å². The van der Waals surface area contributed by atoms with Crippen LogP contribution in [-0.4, -0.2) is 24.3 Å². The van der Waals surface area contributed by atoms with Crippen molar-refractivity contribution in [3.63, 3.8) is 0 Å². The molecule has 2 aromatic carbocycles. The Labute approximate surface area is 188 Å². The van der Waals surface area contributed by atoms with E-state index in [0.29, 0.717) is 24.1 Å². The molecule has 1 atom stereocenters. The van der Waals surface area contributed by atoms with E-state index in [0.717, 1.165) is 12.8 Å². The monoisotopic (exact) mass is 465 g/mol. The Hall–Kier alpha value is -3.07. The lowest BCUT2D eigenvalue weighted by Crippen LogP contribution is -2.26. The average Bonchev–Trinajstić information content (AvgIpc) is 3.57. The molecule has 3 rings (SSSR count). The van der Waals surface area contributed by atoms with Gasteiger partial charge in [-0.3, -0.25) is 10.2 Å². The first kappa shape index (κ1) is 24.6. The number of rotatable bonds is 9. The molecule has 33 heavy (non-hydrogen) atoms. The Balaban J connectivity index is 1.87. The van der Waals surface area contributed by atoms with E-state index in [2.05, 4.69) is 10.6 Å². The van der Waals surface area contributed by atoms with Gasteiger partial charge in [0.05, 0.1) is 6.04 Å². The lowest BCUT2D eigenvalue weighted by atomic mass is 9.96. The van der Waals surface area contributed by atoms with Crippen molar-refractivity contribution in [1.82, 2.24) is 5.32 Å². The first-order chi connectivity index (χ1) is 15.6. The van der Waals surface area contributed by atoms with Gasteiger partial charge in [-0.2, -0.15) is 13.2 Å². The molecule has 2 aromatic rings. The van der Waals surface area contributed by atoms with Crippen LogP contribution in [0.2, 0.25) is 0 Å². The second-order valence-corrected chi connectivity index (χ2v) is 7.93. The van der Waals surface area contributed by atoms with Crippen LogP contribution in [0.1, 0.15) is 43.4 Å². The summed E-state index contributed by atoms with van der Waals surface area (Å²) in [5.74, 6) is -1.77. The average molecular weight is 465 g/mol. The Bertz CT molecular complexity index is 1040. The minimum atomic E-state index is -4.86. The molecule has 1 unspecified atom stereocenters. The normalized spacial score (nSPS) is 15.3. The van der Waals surface area contributed by atoms with Crippen molar-refractivity contribution in [3.05, 3.63) is 76.9 Å². The molecule has 0 aliphatic heterocycles. The first-order valence-corrected chi connectivity index (χ1v) is 10.5. The van der Waals surface area contributed by atoms with Gasteiger partial charge in [0, 0.05) is 16.8 Å². The number of nitrogens with one attached hydrogen (secondary N) is 3. The molecule has 176 valence electrons. The molecule has 1 aliphatic carbocycles. The number of alkyl halides is 3. The van der Waals surface area contributed by atoms with E-state index in [-0.39, 0.29) is 23.2 Å². The minimum absolute atomic E-state index is 0.0179. The first-order valence-electron chi connectivity index (χ1n) is 10.5. The summed E-state index contributed by atoms with van der Waals surface area (Å²) in [5.41, 5.74) is -1.24. The molecular formula is C24H24F5N3O. The van der Waals surface area contributed by atoms with Gasteiger partial charge in [-0.1, -0.05) is 25.1 Å². The zero-order valence-electron chi connectivity index (χ0n) is 17.9. The maximum Gasteiger partial charge on any atom is 0.432 e. The van der Waals surface area contributed by atoms with Crippen LogP contribution in [0.15, 0.2) is 54.1 Å². The highest BCUT2D eigenvalue weighted by atomic mass is 19.4. The Morgan fingerprint density at radius 2 is 1.79 bits per heavy atom. The lowest BCUT2D eigenvalue weighted by Gasteiger charge is -2.22. The summed E-state index contributed by atoms with van der Waals surface area (Å²) in [4.78, 5) is 12.5. The highest BCUT2D eigenvalue weighted by Crippen LogP contribution is 2.32. The fraction of sp³-hybridized carbons (Fsp3) is 0.333. The Morgan fingerprint density at radius 1 is 1.15 bits per heavy atom. The van der Waals surface area contributed by atoms with E-state index in [1.165, 1.54) is 37.3 Å². The topological polar surface area (TPSA) is 65.0 Å². The van der Waals surface area contributed by atoms with E-state index in [4.69, 9.17) is 5.41 Å². The second kappa shape index (κ2) is 10.2. The summed E-state index contributed by atoms with van der Waals surface area (Å²) in [7, 11) is 0. The summed E-state index contributed by atoms with van der Waals surface area (Å²) in [5, 5.41) is 12.8. The maximum atomic E-state index is 14.5. The third-order valence-corrected chi connectivity index (χ3v) is 5.37. The van der Waals surface area contributed by atoms with Crippen LogP contribution in [0.4, 0.5) is 27.6 Å². The van der Waals surface area contributed by atoms with Gasteiger partial charge in [0.25, 0.3) is 5.91 Å². The smallest absolute Gasteiger partial charge is 0.322 e. The fourth-order valence-corrected chi connectivity index (χ4v) is 3.37. The minimum Gasteiger partial charge on any atom is -0.322 e. The summed E-state index contributed by atoms with van der Waals surface area (Å²) in [6.07, 6.45) is -2.31.